The third kappa shape index (κ3) is 5.95. The first-order chi connectivity index (χ1) is 10.8. The molecular weight excluding hydrogens is 401 g/mol. The molecule has 1 aliphatic carbocycles. The van der Waals surface area contributed by atoms with Crippen LogP contribution in [0.5, 0.6) is 0 Å². The normalized spacial score (nSPS) is 17.3. The van der Waals surface area contributed by atoms with Crippen LogP contribution in [0.15, 0.2) is 29.3 Å². The van der Waals surface area contributed by atoms with Gasteiger partial charge in [-0.15, -0.1) is 24.0 Å². The molecule has 130 valence electrons. The number of guanidine groups is 1. The van der Waals surface area contributed by atoms with Gasteiger partial charge in [0.05, 0.1) is 6.10 Å². The molecule has 0 saturated carbocycles. The number of nitrogens with zero attached hydrogens (tertiary/aromatic N) is 2. The van der Waals surface area contributed by atoms with Gasteiger partial charge in [0, 0.05) is 26.2 Å². The molecule has 23 heavy (non-hydrogen) atoms. The van der Waals surface area contributed by atoms with E-state index in [2.05, 4.69) is 48.0 Å². The molecule has 4 nitrogen and oxygen atoms in total. The number of ether oxygens (including phenoxy) is 1. The Kier molecular flexibility index (Phi) is 9.55. The Morgan fingerprint density at radius 2 is 2.04 bits per heavy atom. The van der Waals surface area contributed by atoms with Crippen molar-refractivity contribution in [3.8, 4) is 0 Å². The molecule has 0 heterocycles. The van der Waals surface area contributed by atoms with Crippen LogP contribution >= 0.6 is 24.0 Å². The summed E-state index contributed by atoms with van der Waals surface area (Å²) in [7, 11) is 0. The van der Waals surface area contributed by atoms with Crippen molar-refractivity contribution in [1.82, 2.24) is 4.90 Å². The Morgan fingerprint density at radius 1 is 1.30 bits per heavy atom. The lowest BCUT2D eigenvalue weighted by molar-refractivity contribution is 0.0402. The van der Waals surface area contributed by atoms with Crippen LogP contribution in [0.4, 0.5) is 0 Å². The van der Waals surface area contributed by atoms with Gasteiger partial charge in [0.2, 0.25) is 0 Å². The van der Waals surface area contributed by atoms with Crippen LogP contribution < -0.4 is 5.73 Å². The van der Waals surface area contributed by atoms with Gasteiger partial charge in [-0.05, 0) is 50.7 Å². The highest BCUT2D eigenvalue weighted by Gasteiger charge is 2.19. The molecule has 0 aliphatic heterocycles. The summed E-state index contributed by atoms with van der Waals surface area (Å²) in [4.78, 5) is 6.50. The van der Waals surface area contributed by atoms with Crippen LogP contribution in [0.25, 0.3) is 0 Å². The maximum Gasteiger partial charge on any atom is 0.191 e. The molecule has 0 fully saturated rings. The SMILES string of the molecule is CCN(CC)C(N)=NCCCOC1CCCc2ccccc21.I. The highest BCUT2D eigenvalue weighted by Crippen LogP contribution is 2.32. The van der Waals surface area contributed by atoms with Crippen LogP contribution in [-0.2, 0) is 11.2 Å². The third-order valence-corrected chi connectivity index (χ3v) is 4.30. The highest BCUT2D eigenvalue weighted by molar-refractivity contribution is 14.0. The van der Waals surface area contributed by atoms with E-state index in [0.717, 1.165) is 39.1 Å². The van der Waals surface area contributed by atoms with Gasteiger partial charge in [-0.2, -0.15) is 0 Å². The van der Waals surface area contributed by atoms with Gasteiger partial charge in [0.1, 0.15) is 0 Å². The number of aryl methyl sites for hydroxylation is 1. The molecule has 0 saturated heterocycles. The third-order valence-electron chi connectivity index (χ3n) is 4.30. The number of hydrogen-bond acceptors (Lipinski definition) is 2. The van der Waals surface area contributed by atoms with Gasteiger partial charge >= 0.3 is 0 Å². The fourth-order valence-corrected chi connectivity index (χ4v) is 3.01. The molecule has 1 aromatic carbocycles. The first-order valence-corrected chi connectivity index (χ1v) is 8.50. The molecule has 1 unspecified atom stereocenters. The van der Waals surface area contributed by atoms with Crippen LogP contribution in [0.3, 0.4) is 0 Å². The molecule has 0 aromatic heterocycles. The fraction of sp³-hybridized carbons (Fsp3) is 0.611. The average Bonchev–Trinajstić information content (AvgIpc) is 2.56. The largest absolute Gasteiger partial charge is 0.373 e. The van der Waals surface area contributed by atoms with Gasteiger partial charge in [0.15, 0.2) is 5.96 Å². The molecule has 0 amide bonds. The lowest BCUT2D eigenvalue weighted by Gasteiger charge is -2.25. The predicted molar refractivity (Wildman–Crippen MR) is 108 cm³/mol. The van der Waals surface area contributed by atoms with Crippen molar-refractivity contribution in [3.05, 3.63) is 35.4 Å². The number of hydrogen-bond donors (Lipinski definition) is 1. The summed E-state index contributed by atoms with van der Waals surface area (Å²) in [5.74, 6) is 0.646. The summed E-state index contributed by atoms with van der Waals surface area (Å²) >= 11 is 0. The molecule has 2 N–H and O–H groups in total. The first-order valence-electron chi connectivity index (χ1n) is 8.50. The molecule has 0 spiro atoms. The zero-order chi connectivity index (χ0) is 15.8. The van der Waals surface area contributed by atoms with Gasteiger partial charge in [-0.1, -0.05) is 24.3 Å². The Morgan fingerprint density at radius 3 is 2.78 bits per heavy atom. The van der Waals surface area contributed by atoms with Crippen molar-refractivity contribution in [2.45, 2.75) is 45.6 Å². The Labute approximate surface area is 157 Å². The van der Waals surface area contributed by atoms with Crippen LogP contribution in [0.1, 0.15) is 50.3 Å². The minimum Gasteiger partial charge on any atom is -0.373 e. The molecule has 1 atom stereocenters. The van der Waals surface area contributed by atoms with E-state index in [4.69, 9.17) is 10.5 Å². The molecule has 2 rings (SSSR count). The molecule has 0 radical (unpaired) electrons. The van der Waals surface area contributed by atoms with Crippen LogP contribution in [0.2, 0.25) is 0 Å². The highest BCUT2D eigenvalue weighted by atomic mass is 127. The molecule has 0 bridgehead atoms. The number of fused-ring (bicyclic) bond motifs is 1. The monoisotopic (exact) mass is 431 g/mol. The number of rotatable bonds is 7. The van der Waals surface area contributed by atoms with E-state index in [9.17, 15) is 0 Å². The summed E-state index contributed by atoms with van der Waals surface area (Å²) in [6.07, 6.45) is 4.70. The summed E-state index contributed by atoms with van der Waals surface area (Å²) in [6, 6.07) is 8.65. The van der Waals surface area contributed by atoms with E-state index in [1.807, 2.05) is 0 Å². The number of aliphatic imine (C=N–C) groups is 1. The van der Waals surface area contributed by atoms with Crippen molar-refractivity contribution >= 4 is 29.9 Å². The molecule has 1 aromatic rings. The van der Waals surface area contributed by atoms with E-state index in [-0.39, 0.29) is 30.1 Å². The average molecular weight is 431 g/mol. The zero-order valence-electron chi connectivity index (χ0n) is 14.3. The summed E-state index contributed by atoms with van der Waals surface area (Å²) in [6.45, 7) is 7.47. The standard InChI is InChI=1S/C18H29N3O.HI/c1-3-21(4-2)18(19)20-13-8-14-22-17-12-7-10-15-9-5-6-11-16(15)17;/h5-6,9,11,17H,3-4,7-8,10,12-14H2,1-2H3,(H2,19,20);1H. The summed E-state index contributed by atoms with van der Waals surface area (Å²) in [5, 5.41) is 0. The van der Waals surface area contributed by atoms with Crippen LogP contribution in [0, 0.1) is 0 Å². The lowest BCUT2D eigenvalue weighted by Crippen LogP contribution is -2.37. The second-order valence-electron chi connectivity index (χ2n) is 5.72. The Hall–Kier alpha value is -0.820. The van der Waals surface area contributed by atoms with Gasteiger partial charge < -0.3 is 15.4 Å². The minimum absolute atomic E-state index is 0. The lowest BCUT2D eigenvalue weighted by atomic mass is 9.89. The minimum atomic E-state index is 0. The number of benzene rings is 1. The second-order valence-corrected chi connectivity index (χ2v) is 5.72. The van der Waals surface area contributed by atoms with Crippen molar-refractivity contribution in [2.75, 3.05) is 26.2 Å². The van der Waals surface area contributed by atoms with Crippen molar-refractivity contribution < 1.29 is 4.74 Å². The quantitative estimate of drug-likeness (QED) is 0.310. The van der Waals surface area contributed by atoms with E-state index in [1.54, 1.807) is 0 Å². The number of halogens is 1. The topological polar surface area (TPSA) is 50.8 Å². The van der Waals surface area contributed by atoms with E-state index in [1.165, 1.54) is 24.0 Å². The maximum atomic E-state index is 6.08. The van der Waals surface area contributed by atoms with Gasteiger partial charge in [0.25, 0.3) is 0 Å². The Balaban J connectivity index is 0.00000264. The number of nitrogens with two attached hydrogens (primary N) is 1. The van der Waals surface area contributed by atoms with Gasteiger partial charge in [-0.25, -0.2) is 0 Å². The smallest absolute Gasteiger partial charge is 0.191 e. The fourth-order valence-electron chi connectivity index (χ4n) is 3.01. The maximum absolute atomic E-state index is 6.08. The van der Waals surface area contributed by atoms with E-state index in [0.29, 0.717) is 5.96 Å². The van der Waals surface area contributed by atoms with E-state index >= 15 is 0 Å². The van der Waals surface area contributed by atoms with Crippen molar-refractivity contribution in [1.29, 1.82) is 0 Å². The molecule has 5 heteroatoms. The van der Waals surface area contributed by atoms with E-state index < -0.39 is 0 Å². The van der Waals surface area contributed by atoms with Crippen molar-refractivity contribution in [2.24, 2.45) is 10.7 Å². The predicted octanol–water partition coefficient (Wildman–Crippen LogP) is 3.75. The van der Waals surface area contributed by atoms with Crippen LogP contribution in [-0.4, -0.2) is 37.1 Å². The van der Waals surface area contributed by atoms with Crippen molar-refractivity contribution in [3.63, 3.8) is 0 Å². The summed E-state index contributed by atoms with van der Waals surface area (Å²) < 4.78 is 6.08. The molecule has 1 aliphatic rings. The first kappa shape index (κ1) is 20.2. The second kappa shape index (κ2) is 10.9. The summed E-state index contributed by atoms with van der Waals surface area (Å²) in [5.41, 5.74) is 8.78. The molecular formula is C18H30IN3O. The Bertz CT molecular complexity index is 489. The zero-order valence-corrected chi connectivity index (χ0v) is 16.7. The van der Waals surface area contributed by atoms with Gasteiger partial charge in [-0.3, -0.25) is 4.99 Å².